The fourth-order valence-corrected chi connectivity index (χ4v) is 5.02. The molecule has 1 saturated heterocycles. The Morgan fingerprint density at radius 1 is 1.03 bits per heavy atom. The molecule has 11 heteroatoms. The summed E-state index contributed by atoms with van der Waals surface area (Å²) in [6.07, 6.45) is 0. The van der Waals surface area contributed by atoms with Crippen LogP contribution in [-0.2, 0) is 14.8 Å². The fraction of sp³-hybridized carbons (Fsp3) is 0.211. The van der Waals surface area contributed by atoms with Crippen molar-refractivity contribution in [3.63, 3.8) is 0 Å². The van der Waals surface area contributed by atoms with Gasteiger partial charge in [0.2, 0.25) is 10.0 Å². The van der Waals surface area contributed by atoms with Gasteiger partial charge >= 0.3 is 0 Å². The molecule has 0 spiro atoms. The van der Waals surface area contributed by atoms with Crippen LogP contribution >= 0.6 is 11.8 Å². The Hall–Kier alpha value is -2.47. The zero-order chi connectivity index (χ0) is 21.1. The van der Waals surface area contributed by atoms with Gasteiger partial charge in [-0.2, -0.15) is 4.31 Å². The molecule has 2 heterocycles. The second kappa shape index (κ2) is 8.72. The predicted molar refractivity (Wildman–Crippen MR) is 111 cm³/mol. The number of rotatable bonds is 4. The number of morpholine rings is 1. The van der Waals surface area contributed by atoms with E-state index in [4.69, 9.17) is 4.74 Å². The minimum atomic E-state index is -3.56. The van der Waals surface area contributed by atoms with Crippen molar-refractivity contribution in [2.24, 2.45) is 4.99 Å². The van der Waals surface area contributed by atoms with Crippen molar-refractivity contribution in [1.29, 1.82) is 0 Å². The fourth-order valence-electron chi connectivity index (χ4n) is 2.93. The molecule has 7 nitrogen and oxygen atoms in total. The van der Waals surface area contributed by atoms with Crippen LogP contribution in [0.3, 0.4) is 0 Å². The van der Waals surface area contributed by atoms with E-state index in [2.05, 4.69) is 15.8 Å². The molecule has 0 unspecified atom stereocenters. The topological polar surface area (TPSA) is 83.0 Å². The van der Waals surface area contributed by atoms with Crippen LogP contribution in [0.25, 0.3) is 5.70 Å². The van der Waals surface area contributed by atoms with Gasteiger partial charge in [-0.25, -0.2) is 22.2 Å². The number of hydrogen-bond donors (Lipinski definition) is 2. The molecule has 158 valence electrons. The largest absolute Gasteiger partial charge is 0.379 e. The number of hydrazine groups is 1. The highest BCUT2D eigenvalue weighted by atomic mass is 32.2. The number of hydrogen-bond acceptors (Lipinski definition) is 6. The summed E-state index contributed by atoms with van der Waals surface area (Å²) in [6, 6.07) is 9.45. The van der Waals surface area contributed by atoms with Gasteiger partial charge in [0.25, 0.3) is 0 Å². The van der Waals surface area contributed by atoms with Crippen molar-refractivity contribution in [1.82, 2.24) is 15.2 Å². The Morgan fingerprint density at radius 2 is 1.77 bits per heavy atom. The lowest BCUT2D eigenvalue weighted by Gasteiger charge is -2.26. The minimum absolute atomic E-state index is 0.103. The van der Waals surface area contributed by atoms with E-state index in [0.29, 0.717) is 42.9 Å². The van der Waals surface area contributed by atoms with E-state index in [0.717, 1.165) is 18.2 Å². The third-order valence-corrected chi connectivity index (χ3v) is 7.17. The first-order chi connectivity index (χ1) is 14.4. The van der Waals surface area contributed by atoms with E-state index < -0.39 is 21.7 Å². The minimum Gasteiger partial charge on any atom is -0.379 e. The Morgan fingerprint density at radius 3 is 2.43 bits per heavy atom. The van der Waals surface area contributed by atoms with Crippen LogP contribution in [0.4, 0.5) is 14.5 Å². The summed E-state index contributed by atoms with van der Waals surface area (Å²) in [5.41, 5.74) is 6.64. The molecule has 30 heavy (non-hydrogen) atoms. The van der Waals surface area contributed by atoms with Crippen molar-refractivity contribution >= 4 is 38.3 Å². The quantitative estimate of drug-likeness (QED) is 0.743. The van der Waals surface area contributed by atoms with Crippen LogP contribution in [0.2, 0.25) is 0 Å². The Labute approximate surface area is 176 Å². The molecule has 0 aliphatic carbocycles. The molecule has 4 rings (SSSR count). The molecule has 1 fully saturated rings. The molecular formula is C19H18F2N4O3S2. The van der Waals surface area contributed by atoms with Crippen LogP contribution < -0.4 is 10.9 Å². The van der Waals surface area contributed by atoms with Gasteiger partial charge in [0, 0.05) is 24.1 Å². The van der Waals surface area contributed by atoms with Crippen molar-refractivity contribution in [3.05, 3.63) is 65.1 Å². The third kappa shape index (κ3) is 4.48. The van der Waals surface area contributed by atoms with E-state index in [-0.39, 0.29) is 10.5 Å². The normalized spacial score (nSPS) is 19.1. The maximum absolute atomic E-state index is 13.9. The number of ether oxygens (including phenoxy) is 1. The predicted octanol–water partition coefficient (Wildman–Crippen LogP) is 2.81. The Kier molecular flexibility index (Phi) is 6.04. The summed E-state index contributed by atoms with van der Waals surface area (Å²) in [5.74, 6) is -1.08. The van der Waals surface area contributed by atoms with Gasteiger partial charge in [0.15, 0.2) is 5.17 Å². The summed E-state index contributed by atoms with van der Waals surface area (Å²) in [5, 5.41) is 2.09. The highest BCUT2D eigenvalue weighted by Gasteiger charge is 2.26. The highest BCUT2D eigenvalue weighted by Crippen LogP contribution is 2.25. The van der Waals surface area contributed by atoms with E-state index in [1.54, 1.807) is 17.5 Å². The number of amidine groups is 1. The maximum Gasteiger partial charge on any atom is 0.243 e. The summed E-state index contributed by atoms with van der Waals surface area (Å²) >= 11 is 1.19. The molecule has 0 amide bonds. The van der Waals surface area contributed by atoms with Crippen molar-refractivity contribution in [3.8, 4) is 0 Å². The number of thioether (sulfide) groups is 1. The second-order valence-electron chi connectivity index (χ2n) is 6.45. The molecule has 0 radical (unpaired) electrons. The standard InChI is InChI=1S/C19H18F2N4O3S2/c20-13-1-6-17(21)16(11-13)18-12-29-19(24-23-18)22-14-2-4-15(5-3-14)30(26,27)25-7-9-28-10-8-25/h1-6,11-12,23H,7-10H2,(H,22,24). The van der Waals surface area contributed by atoms with Gasteiger partial charge in [0.05, 0.1) is 29.5 Å². The van der Waals surface area contributed by atoms with Gasteiger partial charge in [0.1, 0.15) is 11.6 Å². The highest BCUT2D eigenvalue weighted by molar-refractivity contribution is 8.16. The molecule has 0 atom stereocenters. The Bertz CT molecular complexity index is 1100. The summed E-state index contributed by atoms with van der Waals surface area (Å²) < 4.78 is 59.2. The SMILES string of the molecule is O=S(=O)(c1ccc(N=C2NNC(c3cc(F)ccc3F)=CS2)cc1)N1CCOCC1. The summed E-state index contributed by atoms with van der Waals surface area (Å²) in [7, 11) is -3.56. The molecule has 0 saturated carbocycles. The molecule has 0 bridgehead atoms. The number of halogens is 2. The first kappa shape index (κ1) is 20.8. The molecule has 2 N–H and O–H groups in total. The number of sulfonamides is 1. The van der Waals surface area contributed by atoms with Crippen LogP contribution in [-0.4, -0.2) is 44.2 Å². The smallest absolute Gasteiger partial charge is 0.243 e. The van der Waals surface area contributed by atoms with Crippen LogP contribution in [0.5, 0.6) is 0 Å². The lowest BCUT2D eigenvalue weighted by Crippen LogP contribution is -2.40. The average molecular weight is 453 g/mol. The molecular weight excluding hydrogens is 434 g/mol. The van der Waals surface area contributed by atoms with Gasteiger partial charge < -0.3 is 4.74 Å². The first-order valence-corrected chi connectivity index (χ1v) is 11.4. The van der Waals surface area contributed by atoms with Crippen LogP contribution in [0, 0.1) is 11.6 Å². The van der Waals surface area contributed by atoms with Crippen LogP contribution in [0.1, 0.15) is 5.56 Å². The van der Waals surface area contributed by atoms with E-state index >= 15 is 0 Å². The van der Waals surface area contributed by atoms with Crippen LogP contribution in [0.15, 0.2) is 57.8 Å². The zero-order valence-corrected chi connectivity index (χ0v) is 17.3. The first-order valence-electron chi connectivity index (χ1n) is 9.04. The number of aliphatic imine (C=N–C) groups is 1. The number of nitrogens with one attached hydrogen (secondary N) is 2. The summed E-state index contributed by atoms with van der Waals surface area (Å²) in [6.45, 7) is 1.43. The van der Waals surface area contributed by atoms with Crippen molar-refractivity contribution in [2.75, 3.05) is 26.3 Å². The molecule has 2 aromatic carbocycles. The molecule has 2 aliphatic rings. The number of nitrogens with zero attached hydrogens (tertiary/aromatic N) is 2. The molecule has 2 aliphatic heterocycles. The zero-order valence-electron chi connectivity index (χ0n) is 15.6. The van der Waals surface area contributed by atoms with E-state index in [1.165, 1.54) is 28.2 Å². The van der Waals surface area contributed by atoms with E-state index in [9.17, 15) is 17.2 Å². The molecule has 0 aromatic heterocycles. The second-order valence-corrected chi connectivity index (χ2v) is 9.25. The van der Waals surface area contributed by atoms with Gasteiger partial charge in [-0.05, 0) is 42.5 Å². The van der Waals surface area contributed by atoms with Gasteiger partial charge in [-0.15, -0.1) is 0 Å². The van der Waals surface area contributed by atoms with E-state index in [1.807, 2.05) is 0 Å². The lowest BCUT2D eigenvalue weighted by atomic mass is 10.1. The lowest BCUT2D eigenvalue weighted by molar-refractivity contribution is 0.0730. The maximum atomic E-state index is 13.9. The Balaban J connectivity index is 1.47. The molecule has 2 aromatic rings. The number of benzene rings is 2. The monoisotopic (exact) mass is 452 g/mol. The average Bonchev–Trinajstić information content (AvgIpc) is 2.77. The van der Waals surface area contributed by atoms with Crippen molar-refractivity contribution in [2.45, 2.75) is 4.90 Å². The van der Waals surface area contributed by atoms with Gasteiger partial charge in [-0.3, -0.25) is 10.9 Å². The third-order valence-electron chi connectivity index (χ3n) is 4.49. The van der Waals surface area contributed by atoms with Gasteiger partial charge in [-0.1, -0.05) is 11.8 Å². The van der Waals surface area contributed by atoms with Crippen molar-refractivity contribution < 1.29 is 21.9 Å². The summed E-state index contributed by atoms with van der Waals surface area (Å²) in [4.78, 5) is 4.58.